The highest BCUT2D eigenvalue weighted by Gasteiger charge is 2.22. The number of esters is 1. The molecule has 0 unspecified atom stereocenters. The van der Waals surface area contributed by atoms with E-state index in [4.69, 9.17) is 4.74 Å². The van der Waals surface area contributed by atoms with Crippen LogP contribution in [0.3, 0.4) is 0 Å². The van der Waals surface area contributed by atoms with Crippen LogP contribution < -0.4 is 5.32 Å². The molecular formula is C14H25NO2. The van der Waals surface area contributed by atoms with E-state index in [2.05, 4.69) is 12.2 Å². The molecular weight excluding hydrogens is 214 g/mol. The Morgan fingerprint density at radius 2 is 1.76 bits per heavy atom. The fourth-order valence-electron chi connectivity index (χ4n) is 2.93. The lowest BCUT2D eigenvalue weighted by atomic mass is 9.89. The summed E-state index contributed by atoms with van der Waals surface area (Å²) >= 11 is 0. The number of carbonyl (C=O) groups excluding carboxylic acids is 1. The van der Waals surface area contributed by atoms with E-state index in [9.17, 15) is 4.79 Å². The largest absolute Gasteiger partial charge is 0.461 e. The van der Waals surface area contributed by atoms with Crippen LogP contribution in [0.25, 0.3) is 0 Å². The molecule has 0 bridgehead atoms. The maximum absolute atomic E-state index is 11.7. The molecule has 2 aliphatic rings. The van der Waals surface area contributed by atoms with Gasteiger partial charge in [0.1, 0.15) is 6.10 Å². The van der Waals surface area contributed by atoms with Crippen LogP contribution in [0.4, 0.5) is 0 Å². The molecule has 2 saturated carbocycles. The molecule has 98 valence electrons. The smallest absolute Gasteiger partial charge is 0.320 e. The van der Waals surface area contributed by atoms with Crippen molar-refractivity contribution >= 4 is 5.97 Å². The lowest BCUT2D eigenvalue weighted by Gasteiger charge is -2.26. The average Bonchev–Trinajstić information content (AvgIpc) is 2.83. The zero-order chi connectivity index (χ0) is 12.1. The standard InChI is InChI=1S/C14H25NO2/c1-11-6-8-13(9-7-11)17-14(16)10-15-12-4-2-3-5-12/h11-13,15H,2-10H2,1H3. The summed E-state index contributed by atoms with van der Waals surface area (Å²) in [4.78, 5) is 11.7. The normalized spacial score (nSPS) is 30.4. The minimum Gasteiger partial charge on any atom is -0.461 e. The molecule has 2 rings (SSSR count). The van der Waals surface area contributed by atoms with E-state index in [1.807, 2.05) is 0 Å². The summed E-state index contributed by atoms with van der Waals surface area (Å²) < 4.78 is 5.50. The van der Waals surface area contributed by atoms with Gasteiger partial charge in [0.15, 0.2) is 0 Å². The second-order valence-electron chi connectivity index (χ2n) is 5.73. The van der Waals surface area contributed by atoms with Crippen molar-refractivity contribution in [3.05, 3.63) is 0 Å². The molecule has 0 amide bonds. The van der Waals surface area contributed by atoms with Crippen LogP contribution in [0.5, 0.6) is 0 Å². The lowest BCUT2D eigenvalue weighted by molar-refractivity contribution is -0.149. The Bertz CT molecular complexity index is 241. The van der Waals surface area contributed by atoms with E-state index in [1.54, 1.807) is 0 Å². The molecule has 2 fully saturated rings. The van der Waals surface area contributed by atoms with Gasteiger partial charge in [0, 0.05) is 6.04 Å². The molecule has 0 atom stereocenters. The highest BCUT2D eigenvalue weighted by atomic mass is 16.5. The summed E-state index contributed by atoms with van der Waals surface area (Å²) in [5.74, 6) is 0.748. The van der Waals surface area contributed by atoms with Crippen LogP contribution in [-0.2, 0) is 9.53 Å². The van der Waals surface area contributed by atoms with Gasteiger partial charge in [-0.15, -0.1) is 0 Å². The summed E-state index contributed by atoms with van der Waals surface area (Å²) in [7, 11) is 0. The van der Waals surface area contributed by atoms with E-state index >= 15 is 0 Å². The zero-order valence-electron chi connectivity index (χ0n) is 10.9. The Kier molecular flexibility index (Phi) is 4.84. The maximum atomic E-state index is 11.7. The second kappa shape index (κ2) is 6.39. The predicted molar refractivity (Wildman–Crippen MR) is 67.8 cm³/mol. The molecule has 0 saturated heterocycles. The van der Waals surface area contributed by atoms with Gasteiger partial charge in [-0.05, 0) is 44.4 Å². The summed E-state index contributed by atoms with van der Waals surface area (Å²) in [6.07, 6.45) is 9.72. The average molecular weight is 239 g/mol. The van der Waals surface area contributed by atoms with Crippen molar-refractivity contribution in [2.24, 2.45) is 5.92 Å². The van der Waals surface area contributed by atoms with Crippen molar-refractivity contribution < 1.29 is 9.53 Å². The van der Waals surface area contributed by atoms with Crippen molar-refractivity contribution in [2.45, 2.75) is 70.4 Å². The van der Waals surface area contributed by atoms with E-state index in [1.165, 1.54) is 38.5 Å². The molecule has 2 aliphatic carbocycles. The van der Waals surface area contributed by atoms with Gasteiger partial charge in [0.25, 0.3) is 0 Å². The van der Waals surface area contributed by atoms with Gasteiger partial charge in [-0.1, -0.05) is 19.8 Å². The molecule has 3 nitrogen and oxygen atoms in total. The Morgan fingerprint density at radius 3 is 2.41 bits per heavy atom. The SMILES string of the molecule is CC1CCC(OC(=O)CNC2CCCC2)CC1. The molecule has 3 heteroatoms. The summed E-state index contributed by atoms with van der Waals surface area (Å²) in [5.41, 5.74) is 0. The first-order valence-corrected chi connectivity index (χ1v) is 7.17. The molecule has 17 heavy (non-hydrogen) atoms. The van der Waals surface area contributed by atoms with Crippen molar-refractivity contribution in [1.29, 1.82) is 0 Å². The van der Waals surface area contributed by atoms with Crippen molar-refractivity contribution in [1.82, 2.24) is 5.32 Å². The number of rotatable bonds is 4. The molecule has 0 spiro atoms. The van der Waals surface area contributed by atoms with Crippen molar-refractivity contribution in [3.63, 3.8) is 0 Å². The van der Waals surface area contributed by atoms with E-state index in [0.29, 0.717) is 12.6 Å². The van der Waals surface area contributed by atoms with Crippen LogP contribution in [0, 0.1) is 5.92 Å². The third-order valence-electron chi connectivity index (χ3n) is 4.15. The molecule has 0 radical (unpaired) electrons. The van der Waals surface area contributed by atoms with Crippen LogP contribution in [0.1, 0.15) is 58.3 Å². The van der Waals surface area contributed by atoms with Crippen LogP contribution in [0.15, 0.2) is 0 Å². The molecule has 0 aromatic rings. The minimum absolute atomic E-state index is 0.0588. The Labute approximate surface area is 104 Å². The summed E-state index contributed by atoms with van der Waals surface area (Å²) in [6.45, 7) is 2.68. The van der Waals surface area contributed by atoms with E-state index in [-0.39, 0.29) is 12.1 Å². The van der Waals surface area contributed by atoms with Crippen molar-refractivity contribution in [3.8, 4) is 0 Å². The number of ether oxygens (including phenoxy) is 1. The van der Waals surface area contributed by atoms with Gasteiger partial charge in [-0.3, -0.25) is 4.79 Å². The van der Waals surface area contributed by atoms with E-state index < -0.39 is 0 Å². The first kappa shape index (κ1) is 12.9. The zero-order valence-corrected chi connectivity index (χ0v) is 10.9. The topological polar surface area (TPSA) is 38.3 Å². The lowest BCUT2D eigenvalue weighted by Crippen LogP contribution is -2.34. The maximum Gasteiger partial charge on any atom is 0.320 e. The van der Waals surface area contributed by atoms with Gasteiger partial charge < -0.3 is 10.1 Å². The fraction of sp³-hybridized carbons (Fsp3) is 0.929. The minimum atomic E-state index is -0.0588. The molecule has 0 aromatic carbocycles. The highest BCUT2D eigenvalue weighted by Crippen LogP contribution is 2.25. The van der Waals surface area contributed by atoms with Crippen LogP contribution in [-0.4, -0.2) is 24.7 Å². The van der Waals surface area contributed by atoms with Crippen molar-refractivity contribution in [2.75, 3.05) is 6.54 Å². The molecule has 1 N–H and O–H groups in total. The number of hydrogen-bond acceptors (Lipinski definition) is 3. The number of carbonyl (C=O) groups is 1. The predicted octanol–water partition coefficient (Wildman–Crippen LogP) is 2.64. The summed E-state index contributed by atoms with van der Waals surface area (Å²) in [5, 5.41) is 3.31. The molecule has 0 heterocycles. The first-order chi connectivity index (χ1) is 8.24. The van der Waals surface area contributed by atoms with Crippen LogP contribution >= 0.6 is 0 Å². The highest BCUT2D eigenvalue weighted by molar-refractivity contribution is 5.71. The number of nitrogens with one attached hydrogen (secondary N) is 1. The fourth-order valence-corrected chi connectivity index (χ4v) is 2.93. The Hall–Kier alpha value is -0.570. The quantitative estimate of drug-likeness (QED) is 0.766. The molecule has 0 aromatic heterocycles. The number of hydrogen-bond donors (Lipinski definition) is 1. The third kappa shape index (κ3) is 4.30. The van der Waals surface area contributed by atoms with Crippen LogP contribution in [0.2, 0.25) is 0 Å². The third-order valence-corrected chi connectivity index (χ3v) is 4.15. The molecule has 0 aliphatic heterocycles. The van der Waals surface area contributed by atoms with Gasteiger partial charge in [0.2, 0.25) is 0 Å². The van der Waals surface area contributed by atoms with E-state index in [0.717, 1.165) is 18.8 Å². The monoisotopic (exact) mass is 239 g/mol. The van der Waals surface area contributed by atoms with Gasteiger partial charge in [0.05, 0.1) is 6.54 Å². The van der Waals surface area contributed by atoms with Gasteiger partial charge in [-0.2, -0.15) is 0 Å². The Balaban J connectivity index is 1.60. The second-order valence-corrected chi connectivity index (χ2v) is 5.73. The first-order valence-electron chi connectivity index (χ1n) is 7.17. The van der Waals surface area contributed by atoms with Gasteiger partial charge in [-0.25, -0.2) is 0 Å². The van der Waals surface area contributed by atoms with Gasteiger partial charge >= 0.3 is 5.97 Å². The Morgan fingerprint density at radius 1 is 1.12 bits per heavy atom. The summed E-state index contributed by atoms with van der Waals surface area (Å²) in [6, 6.07) is 0.550.